The van der Waals surface area contributed by atoms with E-state index >= 15 is 0 Å². The fourth-order valence-electron chi connectivity index (χ4n) is 2.37. The highest BCUT2D eigenvalue weighted by Crippen LogP contribution is 2.20. The lowest BCUT2D eigenvalue weighted by molar-refractivity contribution is -0.147. The van der Waals surface area contributed by atoms with Crippen LogP contribution >= 0.6 is 11.3 Å². The van der Waals surface area contributed by atoms with Crippen LogP contribution in [0.4, 0.5) is 0 Å². The number of hydrogen-bond donors (Lipinski definition) is 0. The van der Waals surface area contributed by atoms with E-state index in [9.17, 15) is 4.79 Å². The summed E-state index contributed by atoms with van der Waals surface area (Å²) >= 11 is 1.72. The second-order valence-corrected chi connectivity index (χ2v) is 5.63. The molecule has 1 unspecified atom stereocenters. The third kappa shape index (κ3) is 3.29. The standard InChI is InChI=1S/C13H20N2O2S/c1-3-12-14-11(9-18-12)8-15-6-4-5-10(7-15)13(16)17-2/h9-10H,3-8H2,1-2H3. The molecule has 0 aliphatic carbocycles. The molecule has 0 saturated carbocycles. The van der Waals surface area contributed by atoms with Gasteiger partial charge >= 0.3 is 5.97 Å². The van der Waals surface area contributed by atoms with Gasteiger partial charge in [-0.2, -0.15) is 0 Å². The first-order valence-corrected chi connectivity index (χ1v) is 7.34. The molecule has 1 fully saturated rings. The Bertz CT molecular complexity index is 405. The first-order valence-electron chi connectivity index (χ1n) is 6.46. The summed E-state index contributed by atoms with van der Waals surface area (Å²) < 4.78 is 4.83. The monoisotopic (exact) mass is 268 g/mol. The van der Waals surface area contributed by atoms with E-state index in [2.05, 4.69) is 22.2 Å². The maximum absolute atomic E-state index is 11.6. The van der Waals surface area contributed by atoms with E-state index in [0.29, 0.717) is 0 Å². The Morgan fingerprint density at radius 1 is 1.67 bits per heavy atom. The number of aryl methyl sites for hydroxylation is 1. The first kappa shape index (κ1) is 13.5. The predicted molar refractivity (Wildman–Crippen MR) is 71.5 cm³/mol. The average molecular weight is 268 g/mol. The molecule has 1 aromatic heterocycles. The molecule has 4 nitrogen and oxygen atoms in total. The molecule has 0 amide bonds. The lowest BCUT2D eigenvalue weighted by atomic mass is 9.98. The number of carbonyl (C=O) groups excluding carboxylic acids is 1. The number of esters is 1. The van der Waals surface area contributed by atoms with Crippen LogP contribution in [0.1, 0.15) is 30.5 Å². The van der Waals surface area contributed by atoms with E-state index < -0.39 is 0 Å². The Balaban J connectivity index is 1.91. The van der Waals surface area contributed by atoms with Crippen LogP contribution < -0.4 is 0 Å². The van der Waals surface area contributed by atoms with Crippen LogP contribution in [0.15, 0.2) is 5.38 Å². The molecule has 1 aliphatic rings. The van der Waals surface area contributed by atoms with E-state index in [1.54, 1.807) is 11.3 Å². The van der Waals surface area contributed by atoms with Crippen LogP contribution in [0.5, 0.6) is 0 Å². The Morgan fingerprint density at radius 3 is 3.17 bits per heavy atom. The summed E-state index contributed by atoms with van der Waals surface area (Å²) in [5.74, 6) is -0.0414. The van der Waals surface area contributed by atoms with Gasteiger partial charge < -0.3 is 4.74 Å². The van der Waals surface area contributed by atoms with Crippen molar-refractivity contribution >= 4 is 17.3 Å². The van der Waals surface area contributed by atoms with Crippen molar-refractivity contribution in [3.63, 3.8) is 0 Å². The van der Waals surface area contributed by atoms with E-state index in [4.69, 9.17) is 4.74 Å². The number of ether oxygens (including phenoxy) is 1. The van der Waals surface area contributed by atoms with Crippen LogP contribution in [-0.2, 0) is 22.5 Å². The lowest BCUT2D eigenvalue weighted by Gasteiger charge is -2.30. The Morgan fingerprint density at radius 2 is 2.50 bits per heavy atom. The summed E-state index contributed by atoms with van der Waals surface area (Å²) in [7, 11) is 1.47. The summed E-state index contributed by atoms with van der Waals surface area (Å²) in [6.07, 6.45) is 3.00. The van der Waals surface area contributed by atoms with Crippen LogP contribution in [-0.4, -0.2) is 36.1 Å². The van der Waals surface area contributed by atoms with Gasteiger partial charge in [0.2, 0.25) is 0 Å². The third-order valence-corrected chi connectivity index (χ3v) is 4.37. The van der Waals surface area contributed by atoms with Crippen molar-refractivity contribution in [3.05, 3.63) is 16.1 Å². The van der Waals surface area contributed by atoms with Crippen molar-refractivity contribution < 1.29 is 9.53 Å². The summed E-state index contributed by atoms with van der Waals surface area (Å²) in [6.45, 7) is 4.82. The zero-order chi connectivity index (χ0) is 13.0. The van der Waals surface area contributed by atoms with Gasteiger partial charge in [-0.05, 0) is 25.8 Å². The van der Waals surface area contributed by atoms with Crippen molar-refractivity contribution in [1.29, 1.82) is 0 Å². The summed E-state index contributed by atoms with van der Waals surface area (Å²) in [6, 6.07) is 0. The molecule has 2 rings (SSSR count). The second kappa shape index (κ2) is 6.29. The second-order valence-electron chi connectivity index (χ2n) is 4.68. The van der Waals surface area contributed by atoms with Gasteiger partial charge in [0.1, 0.15) is 0 Å². The first-order chi connectivity index (χ1) is 8.72. The minimum Gasteiger partial charge on any atom is -0.469 e. The molecule has 0 radical (unpaired) electrons. The van der Waals surface area contributed by atoms with Crippen molar-refractivity contribution in [2.75, 3.05) is 20.2 Å². The van der Waals surface area contributed by atoms with Gasteiger partial charge in [-0.1, -0.05) is 6.92 Å². The van der Waals surface area contributed by atoms with Crippen molar-refractivity contribution in [2.45, 2.75) is 32.7 Å². The number of methoxy groups -OCH3 is 1. The highest BCUT2D eigenvalue weighted by atomic mass is 32.1. The molecule has 0 N–H and O–H groups in total. The molecule has 1 aromatic rings. The average Bonchev–Trinajstić information content (AvgIpc) is 2.86. The topological polar surface area (TPSA) is 42.4 Å². The molecule has 5 heteroatoms. The predicted octanol–water partition coefficient (Wildman–Crippen LogP) is 2.09. The van der Waals surface area contributed by atoms with Gasteiger partial charge in [-0.15, -0.1) is 11.3 Å². The number of piperidine rings is 1. The van der Waals surface area contributed by atoms with Gasteiger partial charge in [0.05, 0.1) is 23.7 Å². The molecule has 1 saturated heterocycles. The fraction of sp³-hybridized carbons (Fsp3) is 0.692. The Labute approximate surface area is 112 Å². The highest BCUT2D eigenvalue weighted by molar-refractivity contribution is 7.09. The van der Waals surface area contributed by atoms with Crippen molar-refractivity contribution in [2.24, 2.45) is 5.92 Å². The molecule has 2 heterocycles. The molecule has 100 valence electrons. The lowest BCUT2D eigenvalue weighted by Crippen LogP contribution is -2.38. The fourth-order valence-corrected chi connectivity index (χ4v) is 3.11. The largest absolute Gasteiger partial charge is 0.469 e. The van der Waals surface area contributed by atoms with Gasteiger partial charge in [-0.3, -0.25) is 9.69 Å². The number of nitrogens with zero attached hydrogens (tertiary/aromatic N) is 2. The van der Waals surface area contributed by atoms with E-state index in [1.165, 1.54) is 12.1 Å². The third-order valence-electron chi connectivity index (χ3n) is 3.33. The number of rotatable bonds is 4. The normalized spacial score (nSPS) is 20.9. The number of thiazole rings is 1. The maximum atomic E-state index is 11.6. The SMILES string of the molecule is CCc1nc(CN2CCCC(C(=O)OC)C2)cs1. The van der Waals surface area contributed by atoms with Gasteiger partial charge in [-0.25, -0.2) is 4.98 Å². The van der Waals surface area contributed by atoms with Crippen LogP contribution in [0.2, 0.25) is 0 Å². The zero-order valence-electron chi connectivity index (χ0n) is 11.0. The molecular weight excluding hydrogens is 248 g/mol. The summed E-state index contributed by atoms with van der Waals surface area (Å²) in [5, 5.41) is 3.31. The van der Waals surface area contributed by atoms with Crippen molar-refractivity contribution in [3.8, 4) is 0 Å². The summed E-state index contributed by atoms with van der Waals surface area (Å²) in [5.41, 5.74) is 1.13. The maximum Gasteiger partial charge on any atom is 0.309 e. The Kier molecular flexibility index (Phi) is 4.72. The molecule has 18 heavy (non-hydrogen) atoms. The van der Waals surface area contributed by atoms with Crippen molar-refractivity contribution in [1.82, 2.24) is 9.88 Å². The van der Waals surface area contributed by atoms with Gasteiger partial charge in [0.15, 0.2) is 0 Å². The smallest absolute Gasteiger partial charge is 0.309 e. The number of aromatic nitrogens is 1. The quantitative estimate of drug-likeness (QED) is 0.784. The summed E-state index contributed by atoms with van der Waals surface area (Å²) in [4.78, 5) is 18.4. The zero-order valence-corrected chi connectivity index (χ0v) is 11.8. The number of hydrogen-bond acceptors (Lipinski definition) is 5. The van der Waals surface area contributed by atoms with Gasteiger partial charge in [0, 0.05) is 18.5 Å². The highest BCUT2D eigenvalue weighted by Gasteiger charge is 2.26. The molecule has 0 spiro atoms. The molecule has 0 aromatic carbocycles. The van der Waals surface area contributed by atoms with Crippen LogP contribution in [0.25, 0.3) is 0 Å². The molecule has 1 atom stereocenters. The molecule has 0 bridgehead atoms. The number of likely N-dealkylation sites (tertiary alicyclic amines) is 1. The Hall–Kier alpha value is -0.940. The molecule has 1 aliphatic heterocycles. The van der Waals surface area contributed by atoms with E-state index in [1.807, 2.05) is 0 Å². The minimum absolute atomic E-state index is 0.0352. The van der Waals surface area contributed by atoms with E-state index in [0.717, 1.165) is 44.6 Å². The van der Waals surface area contributed by atoms with Crippen LogP contribution in [0, 0.1) is 5.92 Å². The number of carbonyl (C=O) groups is 1. The minimum atomic E-state index is -0.0766. The van der Waals surface area contributed by atoms with Crippen LogP contribution in [0.3, 0.4) is 0 Å². The van der Waals surface area contributed by atoms with Gasteiger partial charge in [0.25, 0.3) is 0 Å². The van der Waals surface area contributed by atoms with E-state index in [-0.39, 0.29) is 11.9 Å². The molecular formula is C13H20N2O2S.